The van der Waals surface area contributed by atoms with Gasteiger partial charge in [0.25, 0.3) is 0 Å². The van der Waals surface area contributed by atoms with Crippen LogP contribution in [-0.4, -0.2) is 43.8 Å². The average molecular weight is 470 g/mol. The van der Waals surface area contributed by atoms with E-state index in [-0.39, 0.29) is 17.4 Å². The molecule has 25 heavy (non-hydrogen) atoms. The van der Waals surface area contributed by atoms with Crippen LogP contribution in [0.1, 0.15) is 11.6 Å². The maximum Gasteiger partial charge on any atom is 0.246 e. The van der Waals surface area contributed by atoms with Crippen LogP contribution in [0.3, 0.4) is 0 Å². The summed E-state index contributed by atoms with van der Waals surface area (Å²) in [7, 11) is -3.00. The van der Waals surface area contributed by atoms with Crippen LogP contribution in [0.15, 0.2) is 54.6 Å². The zero-order valence-corrected chi connectivity index (χ0v) is 16.5. The predicted molar refractivity (Wildman–Crippen MR) is 107 cm³/mol. The molecule has 5 nitrogen and oxygen atoms in total. The summed E-state index contributed by atoms with van der Waals surface area (Å²) >= 11 is 2.20. The molecule has 1 saturated heterocycles. The average Bonchev–Trinajstić information content (AvgIpc) is 2.57. The Kier molecular flexibility index (Phi) is 5.75. The van der Waals surface area contributed by atoms with Crippen molar-refractivity contribution in [2.24, 2.45) is 0 Å². The molecule has 1 heterocycles. The molecule has 0 spiro atoms. The van der Waals surface area contributed by atoms with Crippen molar-refractivity contribution in [3.05, 3.63) is 63.7 Å². The van der Waals surface area contributed by atoms with Gasteiger partial charge >= 0.3 is 0 Å². The van der Waals surface area contributed by atoms with Gasteiger partial charge in [-0.05, 0) is 46.4 Å². The quantitative estimate of drug-likeness (QED) is 0.699. The Bertz CT molecular complexity index is 842. The molecular weight excluding hydrogens is 451 g/mol. The fraction of sp³-hybridized carbons (Fsp3) is 0.278. The summed E-state index contributed by atoms with van der Waals surface area (Å²) in [6.45, 7) is 0.725. The summed E-state index contributed by atoms with van der Waals surface area (Å²) in [6, 6.07) is 16.6. The third-order valence-electron chi connectivity index (χ3n) is 4.20. The number of halogens is 1. The van der Waals surface area contributed by atoms with E-state index < -0.39 is 15.9 Å². The molecule has 2 aromatic rings. The summed E-state index contributed by atoms with van der Waals surface area (Å²) in [5.74, 6) is 0.0344. The summed E-state index contributed by atoms with van der Waals surface area (Å²) < 4.78 is 24.5. The number of hydrogen-bond donors (Lipinski definition) is 1. The lowest BCUT2D eigenvalue weighted by molar-refractivity contribution is -0.121. The maximum absolute atomic E-state index is 13.0. The van der Waals surface area contributed by atoms with Gasteiger partial charge in [0.15, 0.2) is 9.84 Å². The number of nitrogens with zero attached hydrogens (tertiary/aromatic N) is 1. The second kappa shape index (κ2) is 7.84. The molecule has 0 aromatic heterocycles. The van der Waals surface area contributed by atoms with Crippen molar-refractivity contribution in [2.45, 2.75) is 6.04 Å². The number of carbonyl (C=O) groups excluding carboxylic acids is 1. The van der Waals surface area contributed by atoms with Gasteiger partial charge in [0.05, 0.1) is 11.5 Å². The van der Waals surface area contributed by atoms with E-state index >= 15 is 0 Å². The molecule has 132 valence electrons. The zero-order valence-electron chi connectivity index (χ0n) is 13.6. The van der Waals surface area contributed by atoms with Gasteiger partial charge in [0.1, 0.15) is 6.04 Å². The third kappa shape index (κ3) is 4.80. The first-order valence-electron chi connectivity index (χ1n) is 8.00. The van der Waals surface area contributed by atoms with Gasteiger partial charge in [-0.15, -0.1) is 0 Å². The van der Waals surface area contributed by atoms with E-state index in [1.165, 1.54) is 0 Å². The molecule has 1 unspecified atom stereocenters. The smallest absolute Gasteiger partial charge is 0.246 e. The van der Waals surface area contributed by atoms with E-state index in [1.807, 2.05) is 59.5 Å². The van der Waals surface area contributed by atoms with Crippen molar-refractivity contribution in [3.63, 3.8) is 0 Å². The molecule has 1 fully saturated rings. The molecular formula is C18H19IN2O3S. The molecule has 2 aromatic carbocycles. The van der Waals surface area contributed by atoms with Gasteiger partial charge in [-0.25, -0.2) is 8.42 Å². The zero-order chi connectivity index (χ0) is 17.9. The third-order valence-corrected chi connectivity index (χ3v) is 6.48. The van der Waals surface area contributed by atoms with E-state index in [4.69, 9.17) is 0 Å². The second-order valence-corrected chi connectivity index (χ2v) is 9.55. The topological polar surface area (TPSA) is 66.5 Å². The Morgan fingerprint density at radius 2 is 1.72 bits per heavy atom. The first-order valence-corrected chi connectivity index (χ1v) is 10.9. The number of rotatable bonds is 4. The number of hydrogen-bond acceptors (Lipinski definition) is 4. The highest BCUT2D eigenvalue weighted by Gasteiger charge is 2.32. The molecule has 1 amide bonds. The van der Waals surface area contributed by atoms with Crippen molar-refractivity contribution in [1.29, 1.82) is 0 Å². The summed E-state index contributed by atoms with van der Waals surface area (Å²) in [4.78, 5) is 14.9. The Morgan fingerprint density at radius 3 is 2.36 bits per heavy atom. The van der Waals surface area contributed by atoms with Crippen molar-refractivity contribution in [2.75, 3.05) is 29.9 Å². The number of anilines is 1. The van der Waals surface area contributed by atoms with Crippen LogP contribution in [0.25, 0.3) is 0 Å². The minimum atomic E-state index is -3.00. The minimum Gasteiger partial charge on any atom is -0.324 e. The van der Waals surface area contributed by atoms with Gasteiger partial charge in [-0.1, -0.05) is 36.4 Å². The Balaban J connectivity index is 1.85. The fourth-order valence-electron chi connectivity index (χ4n) is 2.92. The molecule has 0 bridgehead atoms. The van der Waals surface area contributed by atoms with E-state index in [2.05, 4.69) is 27.9 Å². The van der Waals surface area contributed by atoms with Gasteiger partial charge in [0.2, 0.25) is 5.91 Å². The molecule has 0 saturated carbocycles. The first-order chi connectivity index (χ1) is 11.9. The molecule has 3 rings (SSSR count). The van der Waals surface area contributed by atoms with Crippen molar-refractivity contribution in [3.8, 4) is 0 Å². The highest BCUT2D eigenvalue weighted by atomic mass is 127. The molecule has 0 radical (unpaired) electrons. The highest BCUT2D eigenvalue weighted by molar-refractivity contribution is 14.1. The van der Waals surface area contributed by atoms with Crippen LogP contribution in [0.5, 0.6) is 0 Å². The van der Waals surface area contributed by atoms with E-state index in [9.17, 15) is 13.2 Å². The summed E-state index contributed by atoms with van der Waals surface area (Å²) in [5.41, 5.74) is 1.60. The Labute approximate surface area is 161 Å². The van der Waals surface area contributed by atoms with Crippen LogP contribution >= 0.6 is 22.6 Å². The largest absolute Gasteiger partial charge is 0.324 e. The fourth-order valence-corrected chi connectivity index (χ4v) is 4.70. The van der Waals surface area contributed by atoms with Crippen molar-refractivity contribution in [1.82, 2.24) is 4.90 Å². The number of nitrogens with one attached hydrogen (secondary N) is 1. The summed E-state index contributed by atoms with van der Waals surface area (Å²) in [6.07, 6.45) is 0. The molecule has 1 aliphatic rings. The molecule has 0 aliphatic carbocycles. The van der Waals surface area contributed by atoms with Gasteiger partial charge in [-0.2, -0.15) is 0 Å². The maximum atomic E-state index is 13.0. The summed E-state index contributed by atoms with van der Waals surface area (Å²) in [5, 5.41) is 2.96. The lowest BCUT2D eigenvalue weighted by atomic mass is 10.0. The SMILES string of the molecule is O=C(Nc1cccc(I)c1)C(c1ccccc1)N1CCS(=O)(=O)CC1. The van der Waals surface area contributed by atoms with Crippen LogP contribution in [-0.2, 0) is 14.6 Å². The number of carbonyl (C=O) groups is 1. The highest BCUT2D eigenvalue weighted by Crippen LogP contribution is 2.25. The number of benzene rings is 2. The van der Waals surface area contributed by atoms with Gasteiger partial charge in [-0.3, -0.25) is 9.69 Å². The first kappa shape index (κ1) is 18.3. The molecule has 1 atom stereocenters. The van der Waals surface area contributed by atoms with Crippen LogP contribution in [0.2, 0.25) is 0 Å². The number of sulfone groups is 1. The molecule has 7 heteroatoms. The Hall–Kier alpha value is -1.45. The van der Waals surface area contributed by atoms with Crippen LogP contribution in [0.4, 0.5) is 5.69 Å². The van der Waals surface area contributed by atoms with Crippen molar-refractivity contribution >= 4 is 44.0 Å². The van der Waals surface area contributed by atoms with E-state index in [1.54, 1.807) is 0 Å². The monoisotopic (exact) mass is 470 g/mol. The minimum absolute atomic E-state index is 0.0901. The normalized spacial score (nSPS) is 18.4. The van der Waals surface area contributed by atoms with Gasteiger partial charge < -0.3 is 5.32 Å². The standard InChI is InChI=1S/C18H19IN2O3S/c19-15-7-4-8-16(13-15)20-18(22)17(14-5-2-1-3-6-14)21-9-11-25(23,24)12-10-21/h1-8,13,17H,9-12H2,(H,20,22). The van der Waals surface area contributed by atoms with Gasteiger partial charge in [0, 0.05) is 22.3 Å². The van der Waals surface area contributed by atoms with Crippen LogP contribution < -0.4 is 5.32 Å². The van der Waals surface area contributed by atoms with Crippen LogP contribution in [0, 0.1) is 3.57 Å². The van der Waals surface area contributed by atoms with Crippen molar-refractivity contribution < 1.29 is 13.2 Å². The second-order valence-electron chi connectivity index (χ2n) is 6.00. The van der Waals surface area contributed by atoms with E-state index in [0.29, 0.717) is 13.1 Å². The molecule has 1 N–H and O–H groups in total. The Morgan fingerprint density at radius 1 is 1.04 bits per heavy atom. The number of amides is 1. The predicted octanol–water partition coefficient (Wildman–Crippen LogP) is 2.70. The van der Waals surface area contributed by atoms with E-state index in [0.717, 1.165) is 14.8 Å². The lowest BCUT2D eigenvalue weighted by Gasteiger charge is -2.33. The molecule has 1 aliphatic heterocycles. The lowest BCUT2D eigenvalue weighted by Crippen LogP contribution is -2.46.